The van der Waals surface area contributed by atoms with E-state index < -0.39 is 11.9 Å². The predicted molar refractivity (Wildman–Crippen MR) is 132 cm³/mol. The molecular weight excluding hydrogens is 490 g/mol. The summed E-state index contributed by atoms with van der Waals surface area (Å²) in [6, 6.07) is 0.349. The van der Waals surface area contributed by atoms with Gasteiger partial charge in [0.15, 0.2) is 10.8 Å². The highest BCUT2D eigenvalue weighted by atomic mass is 32.2. The van der Waals surface area contributed by atoms with E-state index in [0.717, 1.165) is 29.7 Å². The molecule has 13 heteroatoms. The Labute approximate surface area is 212 Å². The van der Waals surface area contributed by atoms with Crippen molar-refractivity contribution in [3.05, 3.63) is 22.3 Å². The Hall–Kier alpha value is -2.35. The molecule has 3 saturated heterocycles. The number of nitrogen functional groups attached to an aromatic ring is 1. The van der Waals surface area contributed by atoms with E-state index in [-0.39, 0.29) is 17.1 Å². The van der Waals surface area contributed by atoms with Gasteiger partial charge in [-0.15, -0.1) is 23.1 Å². The van der Waals surface area contributed by atoms with Gasteiger partial charge < -0.3 is 35.2 Å². The number of amides is 1. The third-order valence-corrected chi connectivity index (χ3v) is 9.72. The lowest BCUT2D eigenvalue weighted by molar-refractivity contribution is -0.895. The molecule has 4 aliphatic rings. The second kappa shape index (κ2) is 9.26. The van der Waals surface area contributed by atoms with Crippen LogP contribution in [0.1, 0.15) is 12.1 Å². The second-order valence-corrected chi connectivity index (χ2v) is 12.1. The smallest absolute Gasteiger partial charge is 0.276 e. The molecule has 1 aromatic heterocycles. The quantitative estimate of drug-likeness (QED) is 0.256. The van der Waals surface area contributed by atoms with E-state index in [2.05, 4.69) is 34.5 Å². The van der Waals surface area contributed by atoms with E-state index in [1.807, 2.05) is 4.90 Å². The summed E-state index contributed by atoms with van der Waals surface area (Å²) in [5.41, 5.74) is 7.30. The van der Waals surface area contributed by atoms with E-state index >= 15 is 0 Å². The van der Waals surface area contributed by atoms with Gasteiger partial charge in [0.2, 0.25) is 0 Å². The minimum Gasteiger partial charge on any atom is -0.543 e. The molecule has 11 nitrogen and oxygen atoms in total. The molecule has 0 spiro atoms. The van der Waals surface area contributed by atoms with Crippen molar-refractivity contribution in [2.75, 3.05) is 65.4 Å². The van der Waals surface area contributed by atoms with Crippen LogP contribution in [-0.2, 0) is 14.4 Å². The second-order valence-electron chi connectivity index (χ2n) is 10.1. The fourth-order valence-electron chi connectivity index (χ4n) is 6.07. The van der Waals surface area contributed by atoms with Gasteiger partial charge in [0.1, 0.15) is 19.3 Å². The lowest BCUT2D eigenvalue weighted by atomic mass is 10.0. The van der Waals surface area contributed by atoms with E-state index in [0.29, 0.717) is 47.3 Å². The zero-order valence-corrected chi connectivity index (χ0v) is 21.7. The third kappa shape index (κ3) is 4.50. The maximum atomic E-state index is 12.9. The summed E-state index contributed by atoms with van der Waals surface area (Å²) in [6.45, 7) is 4.38. The highest BCUT2D eigenvalue weighted by Crippen LogP contribution is 2.41. The first kappa shape index (κ1) is 24.3. The molecule has 1 amide bonds. The Morgan fingerprint density at radius 3 is 2.89 bits per heavy atom. The molecule has 1 aromatic rings. The summed E-state index contributed by atoms with van der Waals surface area (Å²) in [7, 11) is 5.79. The number of anilines is 1. The monoisotopic (exact) mass is 521 g/mol. The van der Waals surface area contributed by atoms with Gasteiger partial charge in [-0.05, 0) is 20.0 Å². The normalized spacial score (nSPS) is 32.8. The standard InChI is InChI=1S/C22H31N7O4S2/c1-27-5-4-12-7-29(2,9-16(12)27)8-13-10-34-20-14(6-28(20)18(13)21(31)32)24-19(30)17(26-33-3)15-11-35-22(23)25-15/h11-12,14,16,20H,4-10H2,1-3H3,(H3-,23,24,25,30,31,32)/b26-17-/t12?,14-,16?,20-,29?/m1/s1. The number of aliphatic carboxylic acids is 1. The minimum atomic E-state index is -1.14. The van der Waals surface area contributed by atoms with Gasteiger partial charge in [0.05, 0.1) is 49.3 Å². The van der Waals surface area contributed by atoms with Crippen molar-refractivity contribution in [2.45, 2.75) is 23.9 Å². The van der Waals surface area contributed by atoms with Gasteiger partial charge >= 0.3 is 0 Å². The lowest BCUT2D eigenvalue weighted by Crippen LogP contribution is -2.68. The van der Waals surface area contributed by atoms with Crippen LogP contribution in [0.2, 0.25) is 0 Å². The number of quaternary nitrogens is 1. The van der Waals surface area contributed by atoms with Gasteiger partial charge in [-0.1, -0.05) is 5.16 Å². The number of carbonyl (C=O) groups is 2. The molecule has 4 aliphatic heterocycles. The van der Waals surface area contributed by atoms with Crippen molar-refractivity contribution in [1.29, 1.82) is 0 Å². The number of carbonyl (C=O) groups excluding carboxylic acids is 2. The van der Waals surface area contributed by atoms with Gasteiger partial charge in [-0.2, -0.15) is 0 Å². The van der Waals surface area contributed by atoms with E-state index in [4.69, 9.17) is 10.6 Å². The number of nitrogens with zero attached hydrogens (tertiary/aromatic N) is 5. The van der Waals surface area contributed by atoms with Crippen LogP contribution in [0.4, 0.5) is 5.13 Å². The van der Waals surface area contributed by atoms with Gasteiger partial charge in [-0.25, -0.2) is 4.98 Å². The third-order valence-electron chi connectivity index (χ3n) is 7.61. The summed E-state index contributed by atoms with van der Waals surface area (Å²) in [6.07, 6.45) is 1.22. The SMILES string of the molecule is CO/N=C(\C(=O)N[C@@H]1CN2C(C(=O)[O-])=C(C[N+]3(C)CC4CCN(C)C4C3)CS[C@H]12)c1csc(N)n1. The number of rotatable bonds is 7. The molecule has 190 valence electrons. The maximum Gasteiger partial charge on any atom is 0.276 e. The molecular formula is C22H31N7O4S2. The average Bonchev–Trinajstić information content (AvgIpc) is 3.45. The van der Waals surface area contributed by atoms with Crippen LogP contribution in [0, 0.1) is 5.92 Å². The Morgan fingerprint density at radius 2 is 2.23 bits per heavy atom. The summed E-state index contributed by atoms with van der Waals surface area (Å²) >= 11 is 2.87. The Balaban J connectivity index is 1.27. The number of nitrogens with two attached hydrogens (primary N) is 1. The highest BCUT2D eigenvalue weighted by Gasteiger charge is 2.50. The zero-order chi connectivity index (χ0) is 24.9. The van der Waals surface area contributed by atoms with E-state index in [1.165, 1.54) is 24.9 Å². The van der Waals surface area contributed by atoms with Crippen molar-refractivity contribution in [1.82, 2.24) is 20.1 Å². The Kier molecular flexibility index (Phi) is 6.45. The molecule has 0 aliphatic carbocycles. The number of likely N-dealkylation sites (tertiary alicyclic amines) is 2. The van der Waals surface area contributed by atoms with Crippen molar-refractivity contribution in [3.8, 4) is 0 Å². The van der Waals surface area contributed by atoms with Crippen molar-refractivity contribution >= 4 is 45.8 Å². The first-order valence-electron chi connectivity index (χ1n) is 11.7. The van der Waals surface area contributed by atoms with Gasteiger partial charge in [0.25, 0.3) is 5.91 Å². The number of nitrogens with one attached hydrogen (secondary N) is 1. The van der Waals surface area contributed by atoms with Crippen LogP contribution < -0.4 is 16.2 Å². The average molecular weight is 522 g/mol. The molecule has 0 radical (unpaired) electrons. The molecule has 5 heterocycles. The summed E-state index contributed by atoms with van der Waals surface area (Å²) < 4.78 is 0.860. The van der Waals surface area contributed by atoms with Crippen LogP contribution in [-0.4, -0.2) is 114 Å². The van der Waals surface area contributed by atoms with Crippen LogP contribution in [0.25, 0.3) is 0 Å². The number of fused-ring (bicyclic) bond motifs is 2. The number of aromatic nitrogens is 1. The molecule has 3 unspecified atom stereocenters. The molecule has 0 aromatic carbocycles. The topological polar surface area (TPSA) is 136 Å². The van der Waals surface area contributed by atoms with Crippen molar-refractivity contribution < 1.29 is 24.0 Å². The molecule has 0 saturated carbocycles. The minimum absolute atomic E-state index is 0.0399. The molecule has 3 N–H and O–H groups in total. The number of hydrogen-bond acceptors (Lipinski definition) is 11. The first-order chi connectivity index (χ1) is 16.7. The number of carboxylic acid groups (broad SMARTS) is 1. The number of hydrogen-bond donors (Lipinski definition) is 2. The molecule has 3 fully saturated rings. The van der Waals surface area contributed by atoms with Crippen LogP contribution in [0.5, 0.6) is 0 Å². The lowest BCUT2D eigenvalue weighted by Gasteiger charge is -2.53. The Bertz CT molecular complexity index is 1090. The Morgan fingerprint density at radius 1 is 1.43 bits per heavy atom. The van der Waals surface area contributed by atoms with E-state index in [1.54, 1.807) is 17.1 Å². The number of thioether (sulfide) groups is 1. The van der Waals surface area contributed by atoms with E-state index in [9.17, 15) is 14.7 Å². The van der Waals surface area contributed by atoms with Gasteiger partial charge in [-0.3, -0.25) is 9.69 Å². The summed E-state index contributed by atoms with van der Waals surface area (Å²) in [5.74, 6) is -0.284. The van der Waals surface area contributed by atoms with Crippen LogP contribution >= 0.6 is 23.1 Å². The first-order valence-corrected chi connectivity index (χ1v) is 13.6. The molecule has 35 heavy (non-hydrogen) atoms. The molecule has 0 bridgehead atoms. The fourth-order valence-corrected chi connectivity index (χ4v) is 7.97. The van der Waals surface area contributed by atoms with Crippen molar-refractivity contribution in [3.63, 3.8) is 0 Å². The van der Waals surface area contributed by atoms with Crippen LogP contribution in [0.3, 0.4) is 0 Å². The summed E-state index contributed by atoms with van der Waals surface area (Å²) in [4.78, 5) is 38.4. The maximum absolute atomic E-state index is 12.9. The number of carboxylic acids is 1. The number of thiazole rings is 1. The summed E-state index contributed by atoms with van der Waals surface area (Å²) in [5, 5.41) is 20.8. The number of oxime groups is 1. The fraction of sp³-hybridized carbons (Fsp3) is 0.636. The molecule has 5 rings (SSSR count). The molecule has 5 atom stereocenters. The zero-order valence-electron chi connectivity index (χ0n) is 20.1. The largest absolute Gasteiger partial charge is 0.543 e. The number of likely N-dealkylation sites (N-methyl/N-ethyl adjacent to an activating group) is 2. The predicted octanol–water partition coefficient (Wildman–Crippen LogP) is -1.27. The van der Waals surface area contributed by atoms with Crippen LogP contribution in [0.15, 0.2) is 21.8 Å². The highest BCUT2D eigenvalue weighted by molar-refractivity contribution is 8.00. The van der Waals surface area contributed by atoms with Crippen molar-refractivity contribution in [2.24, 2.45) is 11.1 Å². The van der Waals surface area contributed by atoms with Gasteiger partial charge in [0, 0.05) is 29.2 Å².